The van der Waals surface area contributed by atoms with Crippen LogP contribution < -0.4 is 15.2 Å². The Morgan fingerprint density at radius 3 is 2.69 bits per heavy atom. The summed E-state index contributed by atoms with van der Waals surface area (Å²) >= 11 is 0. The molecule has 0 amide bonds. The number of ether oxygens (including phenoxy) is 2. The zero-order valence-corrected chi connectivity index (χ0v) is 16.9. The minimum Gasteiger partial charge on any atom is -0.478 e. The number of rotatable bonds is 8. The van der Waals surface area contributed by atoms with Crippen molar-refractivity contribution >= 4 is 28.4 Å². The normalized spacial score (nSPS) is 17.2. The zero-order chi connectivity index (χ0) is 18.6. The molecule has 148 valence electrons. The van der Waals surface area contributed by atoms with Gasteiger partial charge in [0.15, 0.2) is 6.10 Å². The fraction of sp³-hybridized carbons (Fsp3) is 0.588. The number of carbonyl (C=O) groups excluding carboxylic acids is 1. The molecule has 1 aliphatic heterocycles. The second kappa shape index (κ2) is 9.55. The van der Waals surface area contributed by atoms with Crippen LogP contribution in [0.2, 0.25) is 0 Å². The van der Waals surface area contributed by atoms with E-state index in [0.29, 0.717) is 30.1 Å². The van der Waals surface area contributed by atoms with Crippen molar-refractivity contribution in [3.63, 3.8) is 0 Å². The van der Waals surface area contributed by atoms with Crippen LogP contribution in [0.25, 0.3) is 0 Å². The fourth-order valence-electron chi connectivity index (χ4n) is 2.81. The van der Waals surface area contributed by atoms with E-state index < -0.39 is 22.1 Å². The van der Waals surface area contributed by atoms with Crippen LogP contribution in [-0.4, -0.2) is 39.7 Å². The maximum atomic E-state index is 12.6. The minimum atomic E-state index is -3.69. The highest BCUT2D eigenvalue weighted by Crippen LogP contribution is 2.31. The number of sulfonamides is 1. The van der Waals surface area contributed by atoms with Crippen LogP contribution in [0.3, 0.4) is 0 Å². The van der Waals surface area contributed by atoms with E-state index in [1.165, 1.54) is 6.07 Å². The summed E-state index contributed by atoms with van der Waals surface area (Å²) in [5, 5.41) is 0. The first-order valence-electron chi connectivity index (χ1n) is 8.45. The quantitative estimate of drug-likeness (QED) is 0.635. The van der Waals surface area contributed by atoms with Gasteiger partial charge in [0.25, 0.3) is 0 Å². The second-order valence-electron chi connectivity index (χ2n) is 6.52. The van der Waals surface area contributed by atoms with Gasteiger partial charge in [0.2, 0.25) is 10.0 Å². The highest BCUT2D eigenvalue weighted by atomic mass is 35.5. The van der Waals surface area contributed by atoms with Gasteiger partial charge in [0.05, 0.1) is 11.5 Å². The first kappa shape index (κ1) is 22.7. The first-order chi connectivity index (χ1) is 11.8. The van der Waals surface area contributed by atoms with Crippen LogP contribution in [-0.2, 0) is 26.0 Å². The average Bonchev–Trinajstić information content (AvgIpc) is 2.97. The third-order valence-corrected chi connectivity index (χ3v) is 5.45. The topological polar surface area (TPSA) is 108 Å². The molecule has 0 spiro atoms. The van der Waals surface area contributed by atoms with E-state index in [0.717, 1.165) is 0 Å². The summed E-state index contributed by atoms with van der Waals surface area (Å²) in [6.45, 7) is 6.26. The van der Waals surface area contributed by atoms with Crippen molar-refractivity contribution in [2.45, 2.75) is 50.7 Å². The number of fused-ring (bicyclic) bond motifs is 1. The van der Waals surface area contributed by atoms with Crippen molar-refractivity contribution in [1.29, 1.82) is 0 Å². The van der Waals surface area contributed by atoms with E-state index in [4.69, 9.17) is 15.2 Å². The molecule has 9 heteroatoms. The Bertz CT molecular complexity index is 724. The third-order valence-electron chi connectivity index (χ3n) is 3.93. The summed E-state index contributed by atoms with van der Waals surface area (Å²) in [5.74, 6) is 0.394. The van der Waals surface area contributed by atoms with Gasteiger partial charge in [-0.25, -0.2) is 17.9 Å². The Hall–Kier alpha value is -1.35. The molecular weight excluding hydrogens is 380 g/mol. The molecule has 0 saturated carbocycles. The third kappa shape index (κ3) is 5.57. The van der Waals surface area contributed by atoms with Crippen LogP contribution in [0, 0.1) is 5.92 Å². The lowest BCUT2D eigenvalue weighted by atomic mass is 10.1. The van der Waals surface area contributed by atoms with Gasteiger partial charge in [0, 0.05) is 19.0 Å². The molecule has 1 heterocycles. The van der Waals surface area contributed by atoms with Gasteiger partial charge in [-0.1, -0.05) is 13.8 Å². The van der Waals surface area contributed by atoms with Crippen molar-refractivity contribution in [2.24, 2.45) is 11.7 Å². The smallest absolute Gasteiger partial charge is 0.347 e. The molecule has 1 aromatic carbocycles. The van der Waals surface area contributed by atoms with Crippen molar-refractivity contribution in [2.75, 3.05) is 13.2 Å². The van der Waals surface area contributed by atoms with Gasteiger partial charge in [-0.05, 0) is 43.0 Å². The van der Waals surface area contributed by atoms with E-state index in [2.05, 4.69) is 4.72 Å². The van der Waals surface area contributed by atoms with E-state index in [-0.39, 0.29) is 36.5 Å². The van der Waals surface area contributed by atoms with Crippen molar-refractivity contribution in [3.05, 3.63) is 23.8 Å². The number of carbonyl (C=O) groups is 1. The highest BCUT2D eigenvalue weighted by Gasteiger charge is 2.31. The van der Waals surface area contributed by atoms with Gasteiger partial charge < -0.3 is 15.2 Å². The van der Waals surface area contributed by atoms with Crippen LogP contribution in [0.15, 0.2) is 23.1 Å². The highest BCUT2D eigenvalue weighted by molar-refractivity contribution is 7.89. The summed E-state index contributed by atoms with van der Waals surface area (Å²) in [7, 11) is -3.69. The zero-order valence-electron chi connectivity index (χ0n) is 15.2. The summed E-state index contributed by atoms with van der Waals surface area (Å²) in [6.07, 6.45) is 0.233. The molecule has 3 N–H and O–H groups in total. The standard InChI is InChI=1S/C17H26N2O5S.ClH/c1-4-23-17(20)16-9-12-8-14(5-6-15(12)24-16)25(21,22)19-13(10-18)7-11(2)3;/h5-6,8,11,13,16,19H,4,7,9-10,18H2,1-3H3;1H. The molecule has 2 atom stereocenters. The predicted molar refractivity (Wildman–Crippen MR) is 101 cm³/mol. The van der Waals surface area contributed by atoms with E-state index >= 15 is 0 Å². The maximum Gasteiger partial charge on any atom is 0.347 e. The number of halogens is 1. The first-order valence-corrected chi connectivity index (χ1v) is 9.93. The molecule has 7 nitrogen and oxygen atoms in total. The SMILES string of the molecule is CCOC(=O)C1Cc2cc(S(=O)(=O)NC(CN)CC(C)C)ccc2O1.Cl. The molecule has 26 heavy (non-hydrogen) atoms. The Labute approximate surface area is 161 Å². The molecule has 2 unspecified atom stereocenters. The van der Waals surface area contributed by atoms with Gasteiger partial charge in [-0.2, -0.15) is 0 Å². The monoisotopic (exact) mass is 406 g/mol. The lowest BCUT2D eigenvalue weighted by Gasteiger charge is -2.19. The Kier molecular flexibility index (Phi) is 8.33. The summed E-state index contributed by atoms with van der Waals surface area (Å²) in [5.41, 5.74) is 6.35. The molecule has 0 saturated heterocycles. The molecule has 0 aromatic heterocycles. The van der Waals surface area contributed by atoms with Crippen LogP contribution in [0.5, 0.6) is 5.75 Å². The number of nitrogens with one attached hydrogen (secondary N) is 1. The molecule has 0 fully saturated rings. The van der Waals surface area contributed by atoms with E-state index in [9.17, 15) is 13.2 Å². The number of nitrogens with two attached hydrogens (primary N) is 1. The summed E-state index contributed by atoms with van der Waals surface area (Å²) in [6, 6.07) is 4.27. The van der Waals surface area contributed by atoms with Crippen molar-refractivity contribution in [3.8, 4) is 5.75 Å². The lowest BCUT2D eigenvalue weighted by Crippen LogP contribution is -2.40. The maximum absolute atomic E-state index is 12.6. The summed E-state index contributed by atoms with van der Waals surface area (Å²) in [4.78, 5) is 11.9. The average molecular weight is 407 g/mol. The molecule has 1 aliphatic rings. The van der Waals surface area contributed by atoms with Crippen LogP contribution >= 0.6 is 12.4 Å². The Balaban J connectivity index is 0.00000338. The van der Waals surface area contributed by atoms with E-state index in [1.54, 1.807) is 19.1 Å². The number of benzene rings is 1. The summed E-state index contributed by atoms with van der Waals surface area (Å²) < 4.78 is 38.3. The number of esters is 1. The Morgan fingerprint density at radius 2 is 2.12 bits per heavy atom. The predicted octanol–water partition coefficient (Wildman–Crippen LogP) is 1.63. The number of hydrogen-bond donors (Lipinski definition) is 2. The Morgan fingerprint density at radius 1 is 1.42 bits per heavy atom. The minimum absolute atomic E-state index is 0. The molecular formula is C17H27ClN2O5S. The van der Waals surface area contributed by atoms with Crippen molar-refractivity contribution < 1.29 is 22.7 Å². The lowest BCUT2D eigenvalue weighted by molar-refractivity contribution is -0.150. The number of hydrogen-bond acceptors (Lipinski definition) is 6. The van der Waals surface area contributed by atoms with E-state index in [1.807, 2.05) is 13.8 Å². The van der Waals surface area contributed by atoms with Gasteiger partial charge in [-0.15, -0.1) is 12.4 Å². The molecule has 0 radical (unpaired) electrons. The molecule has 0 aliphatic carbocycles. The van der Waals surface area contributed by atoms with Crippen LogP contribution in [0.4, 0.5) is 0 Å². The molecule has 1 aromatic rings. The van der Waals surface area contributed by atoms with Gasteiger partial charge >= 0.3 is 5.97 Å². The van der Waals surface area contributed by atoms with Crippen molar-refractivity contribution in [1.82, 2.24) is 4.72 Å². The van der Waals surface area contributed by atoms with Gasteiger partial charge in [0.1, 0.15) is 5.75 Å². The van der Waals surface area contributed by atoms with Gasteiger partial charge in [-0.3, -0.25) is 0 Å². The second-order valence-corrected chi connectivity index (χ2v) is 8.23. The fourth-order valence-corrected chi connectivity index (χ4v) is 4.12. The molecule has 0 bridgehead atoms. The van der Waals surface area contributed by atoms with Crippen LogP contribution in [0.1, 0.15) is 32.8 Å². The molecule has 2 rings (SSSR count). The largest absolute Gasteiger partial charge is 0.478 e.